The molecule has 0 bridgehead atoms. The fraction of sp³-hybridized carbons (Fsp3) is 0.333. The molecule has 1 N–H and O–H groups in total. The van der Waals surface area contributed by atoms with Gasteiger partial charge >= 0.3 is 0 Å². The van der Waals surface area contributed by atoms with Crippen molar-refractivity contribution in [2.24, 2.45) is 0 Å². The highest BCUT2D eigenvalue weighted by molar-refractivity contribution is 6.30. The predicted molar refractivity (Wildman–Crippen MR) is 120 cm³/mol. The molecule has 1 heterocycles. The number of nitrogens with one attached hydrogen (secondary N) is 1. The maximum Gasteiger partial charge on any atom is 0.251 e. The molecule has 3 aromatic rings. The van der Waals surface area contributed by atoms with Crippen molar-refractivity contribution in [3.8, 4) is 16.8 Å². The van der Waals surface area contributed by atoms with Crippen molar-refractivity contribution in [2.45, 2.75) is 52.5 Å². The largest absolute Gasteiger partial charge is 0.347 e. The lowest BCUT2D eigenvalue weighted by Gasteiger charge is -2.22. The Morgan fingerprint density at radius 1 is 0.966 bits per heavy atom. The molecular weight excluding hydrogens is 382 g/mol. The van der Waals surface area contributed by atoms with Gasteiger partial charge in [-0.2, -0.15) is 0 Å². The first-order chi connectivity index (χ1) is 13.4. The zero-order valence-corrected chi connectivity index (χ0v) is 18.6. The SMILES string of the molecule is CC(C)(C)NC(=O)c1cc(-c2ccc(Cl)cc2)cc(-n2ccnc2C(C)(C)C)c1. The first kappa shape index (κ1) is 21.1. The van der Waals surface area contributed by atoms with Gasteiger partial charge in [-0.1, -0.05) is 44.5 Å². The van der Waals surface area contributed by atoms with Gasteiger partial charge in [-0.3, -0.25) is 4.79 Å². The molecule has 0 spiro atoms. The average molecular weight is 410 g/mol. The Morgan fingerprint density at radius 3 is 2.21 bits per heavy atom. The van der Waals surface area contributed by atoms with Gasteiger partial charge < -0.3 is 9.88 Å². The zero-order valence-electron chi connectivity index (χ0n) is 17.9. The van der Waals surface area contributed by atoms with Crippen molar-refractivity contribution in [2.75, 3.05) is 0 Å². The standard InChI is InChI=1S/C24H28ClN3O/c1-23(2,3)22-26-11-12-28(22)20-14-17(16-7-9-19(25)10-8-16)13-18(15-20)21(29)27-24(4,5)6/h7-15H,1-6H3,(H,27,29). The molecule has 1 amide bonds. The van der Waals surface area contributed by atoms with Crippen LogP contribution in [0.5, 0.6) is 0 Å². The Hall–Kier alpha value is -2.59. The topological polar surface area (TPSA) is 46.9 Å². The van der Waals surface area contributed by atoms with E-state index in [1.54, 1.807) is 6.20 Å². The number of carbonyl (C=O) groups is 1. The molecule has 5 heteroatoms. The van der Waals surface area contributed by atoms with E-state index in [0.717, 1.165) is 22.6 Å². The van der Waals surface area contributed by atoms with Crippen molar-refractivity contribution >= 4 is 17.5 Å². The number of imidazole rings is 1. The summed E-state index contributed by atoms with van der Waals surface area (Å²) in [6.07, 6.45) is 3.73. The molecule has 0 radical (unpaired) electrons. The quantitative estimate of drug-likeness (QED) is 0.575. The molecule has 4 nitrogen and oxygen atoms in total. The van der Waals surface area contributed by atoms with Crippen LogP contribution < -0.4 is 5.32 Å². The van der Waals surface area contributed by atoms with Crippen LogP contribution in [-0.2, 0) is 5.41 Å². The molecule has 0 aliphatic carbocycles. The Kier molecular flexibility index (Phi) is 5.59. The van der Waals surface area contributed by atoms with E-state index in [0.29, 0.717) is 10.6 Å². The Morgan fingerprint density at radius 2 is 1.62 bits per heavy atom. The van der Waals surface area contributed by atoms with Gasteiger partial charge in [0.2, 0.25) is 0 Å². The molecule has 1 aromatic heterocycles. The monoisotopic (exact) mass is 409 g/mol. The molecule has 0 saturated heterocycles. The van der Waals surface area contributed by atoms with Gasteiger partial charge in [0.1, 0.15) is 5.82 Å². The van der Waals surface area contributed by atoms with E-state index in [2.05, 4.69) is 37.1 Å². The summed E-state index contributed by atoms with van der Waals surface area (Å²) in [4.78, 5) is 17.5. The minimum absolute atomic E-state index is 0.105. The van der Waals surface area contributed by atoms with E-state index in [1.807, 2.05) is 67.9 Å². The zero-order chi connectivity index (χ0) is 21.4. The summed E-state index contributed by atoms with van der Waals surface area (Å²) in [5.74, 6) is 0.833. The molecule has 0 unspecified atom stereocenters. The molecule has 0 saturated carbocycles. The van der Waals surface area contributed by atoms with Gasteiger partial charge in [0.05, 0.1) is 0 Å². The molecule has 0 atom stereocenters. The van der Waals surface area contributed by atoms with Gasteiger partial charge in [-0.05, 0) is 62.2 Å². The van der Waals surface area contributed by atoms with Crippen molar-refractivity contribution in [1.29, 1.82) is 0 Å². The van der Waals surface area contributed by atoms with Crippen LogP contribution in [-0.4, -0.2) is 21.0 Å². The van der Waals surface area contributed by atoms with Crippen molar-refractivity contribution < 1.29 is 4.79 Å². The van der Waals surface area contributed by atoms with Gasteiger partial charge in [0.25, 0.3) is 5.91 Å². The van der Waals surface area contributed by atoms with Crippen LogP contribution in [0.25, 0.3) is 16.8 Å². The van der Waals surface area contributed by atoms with Gasteiger partial charge in [0.15, 0.2) is 0 Å². The molecular formula is C24H28ClN3O. The van der Waals surface area contributed by atoms with Crippen LogP contribution in [0.1, 0.15) is 57.7 Å². The third-order valence-corrected chi connectivity index (χ3v) is 4.69. The molecule has 3 rings (SSSR count). The number of halogens is 1. The first-order valence-corrected chi connectivity index (χ1v) is 10.1. The Bertz CT molecular complexity index is 1020. The van der Waals surface area contributed by atoms with Crippen LogP contribution in [0.2, 0.25) is 5.02 Å². The number of hydrogen-bond donors (Lipinski definition) is 1. The van der Waals surface area contributed by atoms with Crippen LogP contribution in [0.4, 0.5) is 0 Å². The molecule has 0 fully saturated rings. The summed E-state index contributed by atoms with van der Waals surface area (Å²) in [6, 6.07) is 13.6. The average Bonchev–Trinajstić information content (AvgIpc) is 3.11. The number of rotatable bonds is 3. The van der Waals surface area contributed by atoms with Gasteiger partial charge in [0, 0.05) is 39.6 Å². The van der Waals surface area contributed by atoms with Crippen LogP contribution >= 0.6 is 11.6 Å². The van der Waals surface area contributed by atoms with E-state index < -0.39 is 0 Å². The molecule has 0 aliphatic rings. The van der Waals surface area contributed by atoms with E-state index >= 15 is 0 Å². The summed E-state index contributed by atoms with van der Waals surface area (Å²) in [7, 11) is 0. The maximum atomic E-state index is 12.9. The second-order valence-electron chi connectivity index (χ2n) is 9.35. The highest BCUT2D eigenvalue weighted by Crippen LogP contribution is 2.29. The fourth-order valence-corrected chi connectivity index (χ4v) is 3.30. The third-order valence-electron chi connectivity index (χ3n) is 4.44. The number of hydrogen-bond acceptors (Lipinski definition) is 2. The van der Waals surface area contributed by atoms with Crippen molar-refractivity contribution in [3.63, 3.8) is 0 Å². The van der Waals surface area contributed by atoms with E-state index in [1.165, 1.54) is 0 Å². The van der Waals surface area contributed by atoms with E-state index in [-0.39, 0.29) is 16.9 Å². The summed E-state index contributed by atoms with van der Waals surface area (Å²) < 4.78 is 2.05. The van der Waals surface area contributed by atoms with Crippen LogP contribution in [0, 0.1) is 0 Å². The second-order valence-corrected chi connectivity index (χ2v) is 9.79. The van der Waals surface area contributed by atoms with Gasteiger partial charge in [-0.15, -0.1) is 0 Å². The summed E-state index contributed by atoms with van der Waals surface area (Å²) in [5, 5.41) is 3.74. The minimum atomic E-state index is -0.320. The second kappa shape index (κ2) is 7.68. The predicted octanol–water partition coefficient (Wildman–Crippen LogP) is 6.02. The molecule has 29 heavy (non-hydrogen) atoms. The summed E-state index contributed by atoms with van der Waals surface area (Å²) in [5.41, 5.74) is 3.01. The minimum Gasteiger partial charge on any atom is -0.347 e. The highest BCUT2D eigenvalue weighted by Gasteiger charge is 2.22. The van der Waals surface area contributed by atoms with E-state index in [4.69, 9.17) is 11.6 Å². The molecule has 2 aromatic carbocycles. The lowest BCUT2D eigenvalue weighted by Crippen LogP contribution is -2.40. The third kappa shape index (κ3) is 5.07. The maximum absolute atomic E-state index is 12.9. The summed E-state index contributed by atoms with van der Waals surface area (Å²) in [6.45, 7) is 12.3. The highest BCUT2D eigenvalue weighted by atomic mass is 35.5. The number of aromatic nitrogens is 2. The Balaban J connectivity index is 2.17. The number of benzene rings is 2. The smallest absolute Gasteiger partial charge is 0.251 e. The lowest BCUT2D eigenvalue weighted by molar-refractivity contribution is 0.0919. The Labute approximate surface area is 177 Å². The fourth-order valence-electron chi connectivity index (χ4n) is 3.17. The van der Waals surface area contributed by atoms with Crippen LogP contribution in [0.3, 0.4) is 0 Å². The number of amides is 1. The van der Waals surface area contributed by atoms with E-state index in [9.17, 15) is 4.79 Å². The normalized spacial score (nSPS) is 12.1. The van der Waals surface area contributed by atoms with Crippen molar-refractivity contribution in [1.82, 2.24) is 14.9 Å². The first-order valence-electron chi connectivity index (χ1n) is 9.72. The van der Waals surface area contributed by atoms with Gasteiger partial charge in [-0.25, -0.2) is 4.98 Å². The molecule has 152 valence electrons. The number of carbonyl (C=O) groups excluding carboxylic acids is 1. The lowest BCUT2D eigenvalue weighted by atomic mass is 9.95. The van der Waals surface area contributed by atoms with Crippen LogP contribution in [0.15, 0.2) is 54.9 Å². The molecule has 0 aliphatic heterocycles. The summed E-state index contributed by atoms with van der Waals surface area (Å²) >= 11 is 6.06. The van der Waals surface area contributed by atoms with Crippen molar-refractivity contribution in [3.05, 3.63) is 71.3 Å². The number of nitrogens with zero attached hydrogens (tertiary/aromatic N) is 2.